The van der Waals surface area contributed by atoms with Crippen molar-refractivity contribution < 1.29 is 17.9 Å². The van der Waals surface area contributed by atoms with E-state index in [1.807, 2.05) is 0 Å². The van der Waals surface area contributed by atoms with E-state index in [0.29, 0.717) is 13.2 Å². The number of rotatable bonds is 8. The van der Waals surface area contributed by atoms with Crippen LogP contribution in [0.5, 0.6) is 0 Å². The molecule has 0 radical (unpaired) electrons. The molecule has 0 saturated heterocycles. The van der Waals surface area contributed by atoms with Crippen molar-refractivity contribution in [2.24, 2.45) is 5.73 Å². The van der Waals surface area contributed by atoms with Gasteiger partial charge in [0.1, 0.15) is 0 Å². The van der Waals surface area contributed by atoms with Crippen molar-refractivity contribution in [3.05, 3.63) is 0 Å². The second-order valence-electron chi connectivity index (χ2n) is 2.55. The minimum atomic E-state index is -3.01. The van der Waals surface area contributed by atoms with Crippen molar-refractivity contribution in [2.45, 2.75) is 0 Å². The van der Waals surface area contributed by atoms with E-state index in [2.05, 4.69) is 0 Å². The van der Waals surface area contributed by atoms with E-state index < -0.39 is 9.84 Å². The predicted molar refractivity (Wildman–Crippen MR) is 50.4 cm³/mol. The first-order chi connectivity index (χ1) is 6.12. The fraction of sp³-hybridized carbons (Fsp3) is 1.00. The molecule has 2 N–H and O–H groups in total. The minimum Gasteiger partial charge on any atom is -0.382 e. The Hall–Kier alpha value is -0.170. The number of nitrogens with two attached hydrogens (primary N) is 1. The first-order valence-corrected chi connectivity index (χ1v) is 5.91. The highest BCUT2D eigenvalue weighted by Crippen LogP contribution is 1.89. The maximum atomic E-state index is 11.1. The summed E-state index contributed by atoms with van der Waals surface area (Å²) in [5, 5.41) is 0. The van der Waals surface area contributed by atoms with Crippen molar-refractivity contribution in [3.63, 3.8) is 0 Å². The Labute approximate surface area is 79.1 Å². The zero-order chi connectivity index (χ0) is 10.2. The van der Waals surface area contributed by atoms with Gasteiger partial charge in [0.2, 0.25) is 0 Å². The summed E-state index contributed by atoms with van der Waals surface area (Å²) in [6.07, 6.45) is 0. The van der Waals surface area contributed by atoms with E-state index in [0.717, 1.165) is 0 Å². The zero-order valence-corrected chi connectivity index (χ0v) is 8.68. The van der Waals surface area contributed by atoms with Crippen LogP contribution in [-0.4, -0.2) is 53.4 Å². The zero-order valence-electron chi connectivity index (χ0n) is 7.86. The molecule has 0 rings (SSSR count). The highest BCUT2D eigenvalue weighted by molar-refractivity contribution is 7.91. The van der Waals surface area contributed by atoms with Crippen LogP contribution in [0.25, 0.3) is 0 Å². The van der Waals surface area contributed by atoms with Gasteiger partial charge in [0.25, 0.3) is 0 Å². The number of hydrogen-bond donors (Lipinski definition) is 1. The molecule has 0 aliphatic carbocycles. The molecule has 80 valence electrons. The fourth-order valence-electron chi connectivity index (χ4n) is 0.712. The average molecular weight is 211 g/mol. The maximum Gasteiger partial charge on any atom is 0.153 e. The first kappa shape index (κ1) is 12.8. The van der Waals surface area contributed by atoms with Gasteiger partial charge in [-0.25, -0.2) is 8.42 Å². The largest absolute Gasteiger partial charge is 0.382 e. The van der Waals surface area contributed by atoms with Gasteiger partial charge in [-0.2, -0.15) is 0 Å². The van der Waals surface area contributed by atoms with E-state index in [1.165, 1.54) is 0 Å². The summed E-state index contributed by atoms with van der Waals surface area (Å²) in [4.78, 5) is 0. The lowest BCUT2D eigenvalue weighted by Gasteiger charge is -2.03. The van der Waals surface area contributed by atoms with Crippen molar-refractivity contribution in [1.29, 1.82) is 0 Å². The summed E-state index contributed by atoms with van der Waals surface area (Å²) in [5.41, 5.74) is 5.13. The standard InChI is InChI=1S/C7H17NO4S/c1-11-3-4-12-5-7-13(9,10)6-2-8/h2-8H2,1H3. The molecule has 0 aliphatic heterocycles. The van der Waals surface area contributed by atoms with E-state index >= 15 is 0 Å². The second-order valence-corrected chi connectivity index (χ2v) is 4.85. The Morgan fingerprint density at radius 3 is 2.38 bits per heavy atom. The molecule has 0 aliphatic rings. The molecular weight excluding hydrogens is 194 g/mol. The molecule has 0 unspecified atom stereocenters. The summed E-state index contributed by atoms with van der Waals surface area (Å²) in [5.74, 6) is 0.0640. The van der Waals surface area contributed by atoms with Crippen LogP contribution < -0.4 is 5.73 Å². The van der Waals surface area contributed by atoms with E-state index in [1.54, 1.807) is 7.11 Å². The third-order valence-corrected chi connectivity index (χ3v) is 3.05. The Bertz CT molecular complexity index is 203. The quantitative estimate of drug-likeness (QED) is 0.522. The predicted octanol–water partition coefficient (Wildman–Crippen LogP) is -0.977. The molecule has 0 heterocycles. The van der Waals surface area contributed by atoms with Gasteiger partial charge < -0.3 is 15.2 Å². The molecule has 13 heavy (non-hydrogen) atoms. The van der Waals surface area contributed by atoms with Gasteiger partial charge in [0, 0.05) is 13.7 Å². The normalized spacial score (nSPS) is 11.8. The fourth-order valence-corrected chi connectivity index (χ4v) is 1.65. The van der Waals surface area contributed by atoms with Gasteiger partial charge in [0.05, 0.1) is 31.3 Å². The van der Waals surface area contributed by atoms with Crippen molar-refractivity contribution >= 4 is 9.84 Å². The van der Waals surface area contributed by atoms with Gasteiger partial charge in [-0.3, -0.25) is 0 Å². The smallest absolute Gasteiger partial charge is 0.153 e. The van der Waals surface area contributed by atoms with Gasteiger partial charge in [-0.05, 0) is 0 Å². The van der Waals surface area contributed by atoms with Crippen molar-refractivity contribution in [2.75, 3.05) is 45.0 Å². The van der Waals surface area contributed by atoms with Crippen LogP contribution >= 0.6 is 0 Å². The average Bonchev–Trinajstić information content (AvgIpc) is 2.04. The van der Waals surface area contributed by atoms with Crippen LogP contribution in [-0.2, 0) is 19.3 Å². The van der Waals surface area contributed by atoms with Gasteiger partial charge in [-0.15, -0.1) is 0 Å². The monoisotopic (exact) mass is 211 g/mol. The topological polar surface area (TPSA) is 78.6 Å². The summed E-state index contributed by atoms with van der Waals surface area (Å²) >= 11 is 0. The van der Waals surface area contributed by atoms with Crippen molar-refractivity contribution in [3.8, 4) is 0 Å². The molecule has 0 aromatic heterocycles. The van der Waals surface area contributed by atoms with Crippen LogP contribution in [0.2, 0.25) is 0 Å². The van der Waals surface area contributed by atoms with Crippen LogP contribution in [0, 0.1) is 0 Å². The van der Waals surface area contributed by atoms with Gasteiger partial charge >= 0.3 is 0 Å². The Balaban J connectivity index is 3.41. The molecule has 0 fully saturated rings. The molecule has 0 saturated carbocycles. The first-order valence-electron chi connectivity index (χ1n) is 4.09. The van der Waals surface area contributed by atoms with Gasteiger partial charge in [0.15, 0.2) is 9.84 Å². The van der Waals surface area contributed by atoms with E-state index in [-0.39, 0.29) is 24.7 Å². The summed E-state index contributed by atoms with van der Waals surface area (Å²) in [7, 11) is -1.45. The summed E-state index contributed by atoms with van der Waals surface area (Å²) in [6.45, 7) is 1.29. The van der Waals surface area contributed by atoms with Crippen LogP contribution in [0.1, 0.15) is 0 Å². The Morgan fingerprint density at radius 1 is 1.15 bits per heavy atom. The molecule has 0 amide bonds. The molecule has 0 aromatic carbocycles. The molecule has 0 aromatic rings. The number of hydrogen-bond acceptors (Lipinski definition) is 5. The summed E-state index contributed by atoms with van der Waals surface area (Å²) in [6, 6.07) is 0. The highest BCUT2D eigenvalue weighted by Gasteiger charge is 2.08. The van der Waals surface area contributed by atoms with Crippen LogP contribution in [0.3, 0.4) is 0 Å². The Kier molecular flexibility index (Phi) is 7.16. The highest BCUT2D eigenvalue weighted by atomic mass is 32.2. The van der Waals surface area contributed by atoms with E-state index in [4.69, 9.17) is 15.2 Å². The maximum absolute atomic E-state index is 11.1. The minimum absolute atomic E-state index is 0.0284. The number of methoxy groups -OCH3 is 1. The SMILES string of the molecule is COCCOCCS(=O)(=O)CCN. The molecule has 0 spiro atoms. The van der Waals surface area contributed by atoms with Crippen molar-refractivity contribution in [1.82, 2.24) is 0 Å². The van der Waals surface area contributed by atoms with Crippen LogP contribution in [0.4, 0.5) is 0 Å². The lowest BCUT2D eigenvalue weighted by Crippen LogP contribution is -2.21. The number of sulfone groups is 1. The molecule has 6 heteroatoms. The molecule has 0 atom stereocenters. The molecule has 0 bridgehead atoms. The third-order valence-electron chi connectivity index (χ3n) is 1.40. The van der Waals surface area contributed by atoms with Crippen LogP contribution in [0.15, 0.2) is 0 Å². The van der Waals surface area contributed by atoms with E-state index in [9.17, 15) is 8.42 Å². The molecule has 5 nitrogen and oxygen atoms in total. The Morgan fingerprint density at radius 2 is 1.85 bits per heavy atom. The number of ether oxygens (including phenoxy) is 2. The van der Waals surface area contributed by atoms with Gasteiger partial charge in [-0.1, -0.05) is 0 Å². The lowest BCUT2D eigenvalue weighted by atomic mass is 10.7. The third kappa shape index (κ3) is 8.17. The summed E-state index contributed by atoms with van der Waals surface area (Å²) < 4.78 is 31.9. The molecular formula is C7H17NO4S. The second kappa shape index (κ2) is 7.25. The lowest BCUT2D eigenvalue weighted by molar-refractivity contribution is 0.0785.